The Labute approximate surface area is 127 Å². The molecule has 0 unspecified atom stereocenters. The third-order valence-corrected chi connectivity index (χ3v) is 4.66. The van der Waals surface area contributed by atoms with Crippen LogP contribution in [0.3, 0.4) is 0 Å². The number of halogens is 1. The Balaban J connectivity index is 2.09. The number of nitrogens with one attached hydrogen (secondary N) is 2. The second kappa shape index (κ2) is 6.99. The second-order valence-electron chi connectivity index (χ2n) is 4.29. The summed E-state index contributed by atoms with van der Waals surface area (Å²) in [7, 11) is -1.90. The van der Waals surface area contributed by atoms with Crippen LogP contribution in [0.1, 0.15) is 11.4 Å². The average molecular weight is 331 g/mol. The van der Waals surface area contributed by atoms with Gasteiger partial charge in [0.2, 0.25) is 16.4 Å². The lowest BCUT2D eigenvalue weighted by Crippen LogP contribution is -2.26. The highest BCUT2D eigenvalue weighted by molar-refractivity contribution is 7.89. The van der Waals surface area contributed by atoms with Crippen LogP contribution in [0.25, 0.3) is 0 Å². The van der Waals surface area contributed by atoms with Gasteiger partial charge in [0, 0.05) is 19.5 Å². The van der Waals surface area contributed by atoms with Gasteiger partial charge >= 0.3 is 0 Å². The first-order valence-corrected chi connectivity index (χ1v) is 8.07. The Morgan fingerprint density at radius 2 is 2.19 bits per heavy atom. The fourth-order valence-electron chi connectivity index (χ4n) is 1.75. The third kappa shape index (κ3) is 4.24. The van der Waals surface area contributed by atoms with E-state index >= 15 is 0 Å². The molecular formula is C12H15ClN4O3S. The zero-order valence-corrected chi connectivity index (χ0v) is 12.9. The van der Waals surface area contributed by atoms with Gasteiger partial charge in [-0.25, -0.2) is 13.1 Å². The normalized spacial score (nSPS) is 11.7. The first-order chi connectivity index (χ1) is 10.0. The quantitative estimate of drug-likeness (QED) is 0.785. The van der Waals surface area contributed by atoms with Crippen LogP contribution in [-0.2, 0) is 23.0 Å². The van der Waals surface area contributed by atoms with E-state index in [1.165, 1.54) is 6.39 Å². The molecule has 9 heteroatoms. The molecule has 2 aromatic rings. The number of rotatable bonds is 7. The van der Waals surface area contributed by atoms with Crippen molar-refractivity contribution in [1.29, 1.82) is 0 Å². The molecule has 0 aliphatic rings. The maximum atomic E-state index is 12.3. The Kier molecular flexibility index (Phi) is 5.29. The van der Waals surface area contributed by atoms with E-state index in [0.29, 0.717) is 18.8 Å². The van der Waals surface area contributed by atoms with Gasteiger partial charge in [-0.1, -0.05) is 22.8 Å². The zero-order valence-electron chi connectivity index (χ0n) is 11.3. The van der Waals surface area contributed by atoms with Crippen molar-refractivity contribution in [2.75, 3.05) is 13.6 Å². The predicted octanol–water partition coefficient (Wildman–Crippen LogP) is 0.963. The van der Waals surface area contributed by atoms with Crippen molar-refractivity contribution in [3.05, 3.63) is 41.0 Å². The van der Waals surface area contributed by atoms with Crippen LogP contribution in [0.15, 0.2) is 34.0 Å². The van der Waals surface area contributed by atoms with Crippen molar-refractivity contribution >= 4 is 21.6 Å². The molecule has 0 amide bonds. The number of hydrogen-bond acceptors (Lipinski definition) is 6. The highest BCUT2D eigenvalue weighted by Gasteiger charge is 2.18. The standard InChI is InChI=1S/C12H15ClN4O3S/c1-14-7-9-2-3-10(13)11(6-9)21(18,19)16-5-4-12-15-8-20-17-12/h2-3,6,8,14,16H,4-5,7H2,1H3. The summed E-state index contributed by atoms with van der Waals surface area (Å²) in [4.78, 5) is 3.88. The molecule has 1 aromatic carbocycles. The van der Waals surface area contributed by atoms with E-state index < -0.39 is 10.0 Å². The van der Waals surface area contributed by atoms with Gasteiger partial charge in [-0.15, -0.1) is 0 Å². The molecule has 0 saturated carbocycles. The highest BCUT2D eigenvalue weighted by Crippen LogP contribution is 2.22. The van der Waals surface area contributed by atoms with Crippen LogP contribution in [0.5, 0.6) is 0 Å². The largest absolute Gasteiger partial charge is 0.343 e. The smallest absolute Gasteiger partial charge is 0.242 e. The van der Waals surface area contributed by atoms with E-state index in [9.17, 15) is 8.42 Å². The van der Waals surface area contributed by atoms with Crippen LogP contribution in [0.2, 0.25) is 5.02 Å². The Hall–Kier alpha value is -1.48. The van der Waals surface area contributed by atoms with Crippen molar-refractivity contribution < 1.29 is 12.9 Å². The Bertz CT molecular complexity index is 689. The van der Waals surface area contributed by atoms with Crippen molar-refractivity contribution in [2.24, 2.45) is 0 Å². The second-order valence-corrected chi connectivity index (χ2v) is 6.43. The topological polar surface area (TPSA) is 97.1 Å². The van der Waals surface area contributed by atoms with E-state index in [2.05, 4.69) is 24.7 Å². The monoisotopic (exact) mass is 330 g/mol. The molecule has 2 rings (SSSR count). The lowest BCUT2D eigenvalue weighted by molar-refractivity contribution is 0.410. The number of benzene rings is 1. The van der Waals surface area contributed by atoms with E-state index in [1.807, 2.05) is 0 Å². The summed E-state index contributed by atoms with van der Waals surface area (Å²) in [6.45, 7) is 0.719. The minimum atomic E-state index is -3.68. The van der Waals surface area contributed by atoms with Crippen LogP contribution in [0.4, 0.5) is 0 Å². The van der Waals surface area contributed by atoms with Gasteiger partial charge in [-0.05, 0) is 24.7 Å². The maximum Gasteiger partial charge on any atom is 0.242 e. The molecule has 2 N–H and O–H groups in total. The van der Waals surface area contributed by atoms with Crippen molar-refractivity contribution in [1.82, 2.24) is 20.2 Å². The minimum Gasteiger partial charge on any atom is -0.343 e. The fourth-order valence-corrected chi connectivity index (χ4v) is 3.33. The average Bonchev–Trinajstić information content (AvgIpc) is 2.94. The van der Waals surface area contributed by atoms with Crippen LogP contribution < -0.4 is 10.0 Å². The number of hydrogen-bond donors (Lipinski definition) is 2. The lowest BCUT2D eigenvalue weighted by atomic mass is 10.2. The van der Waals surface area contributed by atoms with Crippen LogP contribution in [-0.4, -0.2) is 32.2 Å². The number of nitrogens with zero attached hydrogens (tertiary/aromatic N) is 2. The molecule has 0 radical (unpaired) electrons. The summed E-state index contributed by atoms with van der Waals surface area (Å²) < 4.78 is 31.6. The minimum absolute atomic E-state index is 0.0602. The van der Waals surface area contributed by atoms with Gasteiger partial charge < -0.3 is 9.84 Å². The molecule has 0 saturated heterocycles. The van der Waals surface area contributed by atoms with E-state index in [1.54, 1.807) is 25.2 Å². The van der Waals surface area contributed by atoms with E-state index in [0.717, 1.165) is 5.56 Å². The molecule has 0 aliphatic heterocycles. The Morgan fingerprint density at radius 1 is 1.38 bits per heavy atom. The van der Waals surface area contributed by atoms with Crippen LogP contribution in [0, 0.1) is 0 Å². The van der Waals surface area contributed by atoms with E-state index in [4.69, 9.17) is 11.6 Å². The van der Waals surface area contributed by atoms with Gasteiger partial charge in [0.05, 0.1) is 5.02 Å². The molecule has 114 valence electrons. The first-order valence-electron chi connectivity index (χ1n) is 6.21. The fraction of sp³-hybridized carbons (Fsp3) is 0.333. The van der Waals surface area contributed by atoms with Gasteiger partial charge in [-0.3, -0.25) is 0 Å². The Morgan fingerprint density at radius 3 is 2.86 bits per heavy atom. The summed E-state index contributed by atoms with van der Waals surface area (Å²) in [5.74, 6) is 0.438. The molecule has 1 aromatic heterocycles. The zero-order chi connectivity index (χ0) is 15.3. The van der Waals surface area contributed by atoms with Gasteiger partial charge in [0.15, 0.2) is 5.82 Å². The van der Waals surface area contributed by atoms with Gasteiger partial charge in [0.25, 0.3) is 0 Å². The molecule has 0 atom stereocenters. The number of aromatic nitrogens is 2. The number of sulfonamides is 1. The molecule has 0 fully saturated rings. The third-order valence-electron chi connectivity index (χ3n) is 2.71. The summed E-state index contributed by atoms with van der Waals surface area (Å²) in [5.41, 5.74) is 0.834. The summed E-state index contributed by atoms with van der Waals surface area (Å²) >= 11 is 5.98. The summed E-state index contributed by atoms with van der Waals surface area (Å²) in [6.07, 6.45) is 1.53. The lowest BCUT2D eigenvalue weighted by Gasteiger charge is -2.09. The van der Waals surface area contributed by atoms with Crippen LogP contribution >= 0.6 is 11.6 Å². The van der Waals surface area contributed by atoms with Crippen molar-refractivity contribution in [3.63, 3.8) is 0 Å². The molecular weight excluding hydrogens is 316 g/mol. The molecule has 0 bridgehead atoms. The molecule has 0 spiro atoms. The van der Waals surface area contributed by atoms with Crippen molar-refractivity contribution in [3.8, 4) is 0 Å². The van der Waals surface area contributed by atoms with E-state index in [-0.39, 0.29) is 16.5 Å². The predicted molar refractivity (Wildman–Crippen MR) is 77.4 cm³/mol. The van der Waals surface area contributed by atoms with Gasteiger partial charge in [0.1, 0.15) is 4.90 Å². The van der Waals surface area contributed by atoms with Crippen molar-refractivity contribution in [2.45, 2.75) is 17.9 Å². The van der Waals surface area contributed by atoms with Gasteiger partial charge in [-0.2, -0.15) is 4.98 Å². The molecule has 21 heavy (non-hydrogen) atoms. The highest BCUT2D eigenvalue weighted by atomic mass is 35.5. The summed E-state index contributed by atoms with van der Waals surface area (Å²) in [6, 6.07) is 4.90. The molecule has 0 aliphatic carbocycles. The molecule has 7 nitrogen and oxygen atoms in total. The summed E-state index contributed by atoms with van der Waals surface area (Å²) in [5, 5.41) is 6.75. The molecule has 1 heterocycles. The maximum absolute atomic E-state index is 12.3. The first kappa shape index (κ1) is 15.9. The SMILES string of the molecule is CNCc1ccc(Cl)c(S(=O)(=O)NCCc2ncon2)c1.